The predicted molar refractivity (Wildman–Crippen MR) is 83.7 cm³/mol. The van der Waals surface area contributed by atoms with E-state index >= 15 is 0 Å². The first kappa shape index (κ1) is 14.9. The first-order valence-corrected chi connectivity index (χ1v) is 7.29. The second-order valence-corrected chi connectivity index (χ2v) is 5.42. The van der Waals surface area contributed by atoms with Crippen molar-refractivity contribution in [2.75, 3.05) is 12.4 Å². The quantitative estimate of drug-likeness (QED) is 0.813. The maximum absolute atomic E-state index is 13.4. The highest BCUT2D eigenvalue weighted by Crippen LogP contribution is 2.27. The van der Waals surface area contributed by atoms with Crippen molar-refractivity contribution >= 4 is 21.6 Å². The highest BCUT2D eigenvalue weighted by molar-refractivity contribution is 9.10. The van der Waals surface area contributed by atoms with Gasteiger partial charge in [-0.15, -0.1) is 0 Å². The van der Waals surface area contributed by atoms with Gasteiger partial charge in [-0.05, 0) is 36.2 Å². The third-order valence-corrected chi connectivity index (χ3v) is 3.70. The van der Waals surface area contributed by atoms with Crippen molar-refractivity contribution in [2.24, 2.45) is 0 Å². The molecule has 0 radical (unpaired) electrons. The van der Waals surface area contributed by atoms with Crippen LogP contribution in [0.5, 0.6) is 5.75 Å². The largest absolute Gasteiger partial charge is 0.494 e. The zero-order valence-electron chi connectivity index (χ0n) is 11.5. The molecule has 20 heavy (non-hydrogen) atoms. The number of ether oxygens (including phenoxy) is 1. The summed E-state index contributed by atoms with van der Waals surface area (Å²) in [6.45, 7) is 2.11. The van der Waals surface area contributed by atoms with Crippen molar-refractivity contribution < 1.29 is 9.13 Å². The van der Waals surface area contributed by atoms with Gasteiger partial charge in [0.1, 0.15) is 0 Å². The molecule has 0 saturated carbocycles. The summed E-state index contributed by atoms with van der Waals surface area (Å²) in [5, 5.41) is 3.40. The first-order chi connectivity index (χ1) is 9.63. The van der Waals surface area contributed by atoms with Gasteiger partial charge in [-0.1, -0.05) is 35.0 Å². The van der Waals surface area contributed by atoms with Crippen molar-refractivity contribution in [3.8, 4) is 5.75 Å². The lowest BCUT2D eigenvalue weighted by Gasteiger charge is -2.19. The van der Waals surface area contributed by atoms with Crippen LogP contribution in [0.2, 0.25) is 0 Å². The average molecular weight is 338 g/mol. The van der Waals surface area contributed by atoms with Crippen LogP contribution in [-0.2, 0) is 0 Å². The predicted octanol–water partition coefficient (Wildman–Crippen LogP) is 5.16. The van der Waals surface area contributed by atoms with Crippen molar-refractivity contribution in [1.29, 1.82) is 0 Å². The van der Waals surface area contributed by atoms with Crippen LogP contribution >= 0.6 is 15.9 Å². The minimum Gasteiger partial charge on any atom is -0.494 e. The minimum atomic E-state index is -0.352. The van der Waals surface area contributed by atoms with Crippen LogP contribution in [0, 0.1) is 5.82 Å². The van der Waals surface area contributed by atoms with E-state index in [1.807, 2.05) is 12.1 Å². The van der Waals surface area contributed by atoms with Crippen LogP contribution in [0.1, 0.15) is 24.9 Å². The van der Waals surface area contributed by atoms with E-state index in [4.69, 9.17) is 4.74 Å². The molecule has 0 spiro atoms. The minimum absolute atomic E-state index is 0.179. The third kappa shape index (κ3) is 3.51. The second kappa shape index (κ2) is 6.75. The molecule has 2 rings (SSSR count). The Balaban J connectivity index is 2.19. The third-order valence-electron chi connectivity index (χ3n) is 3.17. The fourth-order valence-corrected chi connectivity index (χ4v) is 2.33. The van der Waals surface area contributed by atoms with Gasteiger partial charge in [0, 0.05) is 16.2 Å². The SMILES string of the molecule is CCC(Nc1ccc(F)c(OC)c1)c1ccc(Br)cc1. The summed E-state index contributed by atoms with van der Waals surface area (Å²) in [5.41, 5.74) is 2.04. The summed E-state index contributed by atoms with van der Waals surface area (Å²) in [6.07, 6.45) is 0.932. The Kier molecular flexibility index (Phi) is 5.01. The summed E-state index contributed by atoms with van der Waals surface area (Å²) < 4.78 is 19.5. The van der Waals surface area contributed by atoms with E-state index in [2.05, 4.69) is 40.3 Å². The monoisotopic (exact) mass is 337 g/mol. The molecule has 0 aliphatic heterocycles. The molecule has 1 N–H and O–H groups in total. The van der Waals surface area contributed by atoms with E-state index in [0.717, 1.165) is 16.6 Å². The Morgan fingerprint density at radius 1 is 1.20 bits per heavy atom. The van der Waals surface area contributed by atoms with Gasteiger partial charge >= 0.3 is 0 Å². The maximum Gasteiger partial charge on any atom is 0.165 e. The summed E-state index contributed by atoms with van der Waals surface area (Å²) in [7, 11) is 1.47. The molecule has 4 heteroatoms. The molecular formula is C16H17BrFNO. The van der Waals surface area contributed by atoms with Crippen LogP contribution in [0.3, 0.4) is 0 Å². The molecule has 2 aromatic carbocycles. The van der Waals surface area contributed by atoms with Gasteiger partial charge in [-0.25, -0.2) is 4.39 Å². The molecule has 0 fully saturated rings. The van der Waals surface area contributed by atoms with Crippen LogP contribution in [-0.4, -0.2) is 7.11 Å². The Morgan fingerprint density at radius 3 is 2.50 bits per heavy atom. The lowest BCUT2D eigenvalue weighted by Crippen LogP contribution is -2.09. The normalized spacial score (nSPS) is 12.0. The molecular weight excluding hydrogens is 321 g/mol. The van der Waals surface area contributed by atoms with E-state index in [1.165, 1.54) is 18.7 Å². The Morgan fingerprint density at radius 2 is 1.90 bits per heavy atom. The molecule has 2 nitrogen and oxygen atoms in total. The zero-order chi connectivity index (χ0) is 14.5. The van der Waals surface area contributed by atoms with Gasteiger partial charge in [-0.2, -0.15) is 0 Å². The van der Waals surface area contributed by atoms with Crippen LogP contribution in [0.15, 0.2) is 46.9 Å². The Labute approximate surface area is 127 Å². The highest BCUT2D eigenvalue weighted by atomic mass is 79.9. The van der Waals surface area contributed by atoms with E-state index in [1.54, 1.807) is 12.1 Å². The van der Waals surface area contributed by atoms with Crippen molar-refractivity contribution in [2.45, 2.75) is 19.4 Å². The molecule has 1 unspecified atom stereocenters. The highest BCUT2D eigenvalue weighted by Gasteiger charge is 2.10. The van der Waals surface area contributed by atoms with E-state index in [0.29, 0.717) is 0 Å². The van der Waals surface area contributed by atoms with E-state index < -0.39 is 0 Å². The van der Waals surface area contributed by atoms with Crippen LogP contribution in [0.4, 0.5) is 10.1 Å². The lowest BCUT2D eigenvalue weighted by molar-refractivity contribution is 0.386. The lowest BCUT2D eigenvalue weighted by atomic mass is 10.0. The molecule has 0 saturated heterocycles. The number of hydrogen-bond donors (Lipinski definition) is 1. The van der Waals surface area contributed by atoms with Gasteiger partial charge in [0.15, 0.2) is 11.6 Å². The average Bonchev–Trinajstić information content (AvgIpc) is 2.47. The smallest absolute Gasteiger partial charge is 0.165 e. The van der Waals surface area contributed by atoms with Gasteiger partial charge in [-0.3, -0.25) is 0 Å². The van der Waals surface area contributed by atoms with Crippen molar-refractivity contribution in [3.05, 3.63) is 58.3 Å². The Bertz CT molecular complexity index is 571. The summed E-state index contributed by atoms with van der Waals surface area (Å²) >= 11 is 3.43. The number of anilines is 1. The molecule has 0 amide bonds. The number of rotatable bonds is 5. The number of methoxy groups -OCH3 is 1. The first-order valence-electron chi connectivity index (χ1n) is 6.49. The number of hydrogen-bond acceptors (Lipinski definition) is 2. The van der Waals surface area contributed by atoms with Crippen molar-refractivity contribution in [3.63, 3.8) is 0 Å². The Hall–Kier alpha value is -1.55. The molecule has 2 aromatic rings. The molecule has 0 bridgehead atoms. The van der Waals surface area contributed by atoms with E-state index in [9.17, 15) is 4.39 Å². The summed E-state index contributed by atoms with van der Waals surface area (Å²) in [6, 6.07) is 13.2. The van der Waals surface area contributed by atoms with Crippen LogP contribution in [0.25, 0.3) is 0 Å². The molecule has 0 aliphatic rings. The number of halogens is 2. The standard InChI is InChI=1S/C16H17BrFNO/c1-3-15(11-4-6-12(17)7-5-11)19-13-8-9-14(18)16(10-13)20-2/h4-10,15,19H,3H2,1-2H3. The molecule has 106 valence electrons. The molecule has 1 atom stereocenters. The zero-order valence-corrected chi connectivity index (χ0v) is 13.1. The number of benzene rings is 2. The molecule has 0 aromatic heterocycles. The molecule has 0 heterocycles. The second-order valence-electron chi connectivity index (χ2n) is 4.51. The maximum atomic E-state index is 13.4. The summed E-state index contributed by atoms with van der Waals surface area (Å²) in [4.78, 5) is 0. The fraction of sp³-hybridized carbons (Fsp3) is 0.250. The van der Waals surface area contributed by atoms with Crippen molar-refractivity contribution in [1.82, 2.24) is 0 Å². The fourth-order valence-electron chi connectivity index (χ4n) is 2.07. The topological polar surface area (TPSA) is 21.3 Å². The number of nitrogens with one attached hydrogen (secondary N) is 1. The van der Waals surface area contributed by atoms with Gasteiger partial charge < -0.3 is 10.1 Å². The van der Waals surface area contributed by atoms with Gasteiger partial charge in [0.25, 0.3) is 0 Å². The molecule has 0 aliphatic carbocycles. The van der Waals surface area contributed by atoms with Gasteiger partial charge in [0.05, 0.1) is 13.2 Å². The van der Waals surface area contributed by atoms with Gasteiger partial charge in [0.2, 0.25) is 0 Å². The summed E-state index contributed by atoms with van der Waals surface area (Å²) in [5.74, 6) is -0.101. The van der Waals surface area contributed by atoms with E-state index in [-0.39, 0.29) is 17.6 Å². The van der Waals surface area contributed by atoms with Crippen LogP contribution < -0.4 is 10.1 Å².